The fraction of sp³-hybridized carbons (Fsp3) is 0.533. The highest BCUT2D eigenvalue weighted by Crippen LogP contribution is 2.50. The lowest BCUT2D eigenvalue weighted by molar-refractivity contribution is -0.124. The molecule has 0 N–H and O–H groups in total. The molecule has 2 aliphatic heterocycles. The van der Waals surface area contributed by atoms with E-state index in [9.17, 15) is 9.59 Å². The lowest BCUT2D eigenvalue weighted by Crippen LogP contribution is -2.34. The van der Waals surface area contributed by atoms with Crippen LogP contribution in [-0.4, -0.2) is 34.7 Å². The summed E-state index contributed by atoms with van der Waals surface area (Å²) in [6.45, 7) is 10.1. The van der Waals surface area contributed by atoms with Crippen molar-refractivity contribution in [3.05, 3.63) is 52.7 Å². The number of halogens is 2. The number of amides is 2. The van der Waals surface area contributed by atoms with Gasteiger partial charge in [-0.2, -0.15) is 0 Å². The van der Waals surface area contributed by atoms with Crippen LogP contribution in [0.3, 0.4) is 0 Å². The number of carbonyl (C=O) groups excluding carboxylic acids is 2. The Balaban J connectivity index is 1.86. The molecule has 2 aliphatic rings. The number of hydrogen-bond acceptors (Lipinski definition) is 4. The second-order valence-electron chi connectivity index (χ2n) is 10.3. The molecule has 0 radical (unpaired) electrons. The molecule has 4 rings (SSSR count). The van der Waals surface area contributed by atoms with Gasteiger partial charge in [-0.15, -0.1) is 22.7 Å². The summed E-state index contributed by atoms with van der Waals surface area (Å²) in [5.74, 6) is 0.765. The highest BCUT2D eigenvalue weighted by molar-refractivity contribution is 9.11. The van der Waals surface area contributed by atoms with Crippen LogP contribution in [0.4, 0.5) is 0 Å². The molecule has 0 aliphatic carbocycles. The van der Waals surface area contributed by atoms with E-state index in [0.29, 0.717) is 36.1 Å². The Morgan fingerprint density at radius 3 is 1.37 bits per heavy atom. The second-order valence-corrected chi connectivity index (χ2v) is 15.2. The number of hydrogen-bond donors (Lipinski definition) is 0. The summed E-state index contributed by atoms with van der Waals surface area (Å²) in [6, 6.07) is 8.11. The highest BCUT2D eigenvalue weighted by Gasteiger charge is 2.49. The Morgan fingerprint density at radius 2 is 1.08 bits per heavy atom. The Labute approximate surface area is 252 Å². The van der Waals surface area contributed by atoms with E-state index in [2.05, 4.69) is 59.6 Å². The van der Waals surface area contributed by atoms with Crippen molar-refractivity contribution in [1.82, 2.24) is 9.80 Å². The first-order chi connectivity index (χ1) is 18.3. The molecule has 0 spiro atoms. The predicted molar refractivity (Wildman–Crippen MR) is 168 cm³/mol. The Bertz CT molecular complexity index is 1130. The van der Waals surface area contributed by atoms with E-state index in [1.165, 1.54) is 0 Å². The van der Waals surface area contributed by atoms with Gasteiger partial charge in [-0.1, -0.05) is 66.2 Å². The minimum atomic E-state index is -0.0218. The molecule has 2 aromatic heterocycles. The number of carbonyl (C=O) groups is 2. The zero-order chi connectivity index (χ0) is 27.4. The van der Waals surface area contributed by atoms with Gasteiger partial charge in [0, 0.05) is 13.1 Å². The Hall–Kier alpha value is -1.22. The van der Waals surface area contributed by atoms with Crippen LogP contribution >= 0.6 is 54.5 Å². The summed E-state index contributed by atoms with van der Waals surface area (Å²) < 4.78 is 2.00. The van der Waals surface area contributed by atoms with Gasteiger partial charge in [-0.05, 0) is 80.8 Å². The maximum absolute atomic E-state index is 14.3. The molecular weight excluding hydrogens is 644 g/mol. The average Bonchev–Trinajstić information content (AvgIpc) is 3.66. The van der Waals surface area contributed by atoms with Crippen LogP contribution in [0.25, 0.3) is 11.4 Å². The van der Waals surface area contributed by atoms with Crippen LogP contribution in [0.1, 0.15) is 88.8 Å². The lowest BCUT2D eigenvalue weighted by Gasteiger charge is -2.29. The van der Waals surface area contributed by atoms with E-state index in [4.69, 9.17) is 0 Å². The number of rotatable bonds is 14. The summed E-state index contributed by atoms with van der Waals surface area (Å²) >= 11 is 10.4. The summed E-state index contributed by atoms with van der Waals surface area (Å²) in [5.41, 5.74) is 2.80. The maximum atomic E-state index is 14.3. The van der Waals surface area contributed by atoms with Crippen molar-refractivity contribution in [1.29, 1.82) is 0 Å². The molecular formula is C30H38Br2N2O2S2. The van der Waals surface area contributed by atoms with Crippen LogP contribution in [-0.2, 0) is 9.59 Å². The summed E-state index contributed by atoms with van der Waals surface area (Å²) in [5, 5.41) is 0. The molecule has 2 aromatic rings. The first-order valence-electron chi connectivity index (χ1n) is 14.0. The van der Waals surface area contributed by atoms with Crippen LogP contribution in [0.5, 0.6) is 0 Å². The first kappa shape index (κ1) is 29.8. The molecule has 0 bridgehead atoms. The average molecular weight is 683 g/mol. The molecule has 2 unspecified atom stereocenters. The van der Waals surface area contributed by atoms with Crippen LogP contribution in [0.15, 0.2) is 43.0 Å². The number of fused-ring (bicyclic) bond motifs is 1. The Kier molecular flexibility index (Phi) is 10.5. The fourth-order valence-corrected chi connectivity index (χ4v) is 8.38. The van der Waals surface area contributed by atoms with Gasteiger partial charge in [0.25, 0.3) is 11.8 Å². The minimum Gasteiger partial charge on any atom is -0.306 e. The summed E-state index contributed by atoms with van der Waals surface area (Å²) in [7, 11) is 0. The van der Waals surface area contributed by atoms with Gasteiger partial charge in [0.15, 0.2) is 0 Å². The van der Waals surface area contributed by atoms with Gasteiger partial charge < -0.3 is 9.80 Å². The molecule has 2 atom stereocenters. The van der Waals surface area contributed by atoms with E-state index in [1.807, 2.05) is 34.1 Å². The van der Waals surface area contributed by atoms with Crippen LogP contribution in [0, 0.1) is 11.8 Å². The van der Waals surface area contributed by atoms with Crippen LogP contribution in [0.2, 0.25) is 0 Å². The van der Waals surface area contributed by atoms with Crippen molar-refractivity contribution in [2.24, 2.45) is 11.8 Å². The zero-order valence-electron chi connectivity index (χ0n) is 22.8. The molecule has 206 valence electrons. The topological polar surface area (TPSA) is 40.6 Å². The first-order valence-corrected chi connectivity index (χ1v) is 17.2. The monoisotopic (exact) mass is 680 g/mol. The fourth-order valence-electron chi connectivity index (χ4n) is 5.49. The smallest absolute Gasteiger partial charge is 0.261 e. The molecule has 2 amide bonds. The van der Waals surface area contributed by atoms with Crippen molar-refractivity contribution < 1.29 is 9.59 Å². The van der Waals surface area contributed by atoms with Crippen LogP contribution < -0.4 is 0 Å². The molecule has 0 saturated carbocycles. The zero-order valence-corrected chi connectivity index (χ0v) is 27.6. The third-order valence-corrected chi connectivity index (χ3v) is 11.0. The van der Waals surface area contributed by atoms with Gasteiger partial charge in [0.2, 0.25) is 0 Å². The van der Waals surface area contributed by atoms with Crippen molar-refractivity contribution >= 4 is 77.7 Å². The number of thiophene rings is 2. The molecule has 38 heavy (non-hydrogen) atoms. The molecule has 0 saturated heterocycles. The molecule has 0 aromatic carbocycles. The second kappa shape index (κ2) is 13.4. The van der Waals surface area contributed by atoms with Gasteiger partial charge >= 0.3 is 0 Å². The molecule has 0 fully saturated rings. The van der Waals surface area contributed by atoms with Gasteiger partial charge in [0.05, 0.1) is 39.9 Å². The quantitative estimate of drug-likeness (QED) is 0.199. The number of nitrogens with zero attached hydrogens (tertiary/aromatic N) is 2. The van der Waals surface area contributed by atoms with E-state index in [-0.39, 0.29) is 11.8 Å². The normalized spacial score (nSPS) is 17.3. The minimum absolute atomic E-state index is 0.0218. The van der Waals surface area contributed by atoms with Crippen molar-refractivity contribution in [2.45, 2.75) is 79.1 Å². The summed E-state index contributed by atoms with van der Waals surface area (Å²) in [4.78, 5) is 34.5. The maximum Gasteiger partial charge on any atom is 0.261 e. The molecule has 4 heterocycles. The van der Waals surface area contributed by atoms with E-state index < -0.39 is 0 Å². The lowest BCUT2D eigenvalue weighted by atomic mass is 9.98. The third-order valence-electron chi connectivity index (χ3n) is 7.76. The van der Waals surface area contributed by atoms with Gasteiger partial charge in [0.1, 0.15) is 0 Å². The van der Waals surface area contributed by atoms with Crippen molar-refractivity contribution in [3.63, 3.8) is 0 Å². The number of unbranched alkanes of at least 4 members (excludes halogenated alkanes) is 2. The van der Waals surface area contributed by atoms with Crippen molar-refractivity contribution in [3.8, 4) is 0 Å². The third kappa shape index (κ3) is 6.08. The molecule has 4 nitrogen and oxygen atoms in total. The highest BCUT2D eigenvalue weighted by atomic mass is 79.9. The standard InChI is InChI=1S/C30H38Br2N2O2S2/c1-5-9-11-19(7-3)17-33-27(21-13-15-23(31)37-21)25-26(29(33)35)28(22-14-16-24(32)38-22)34(30(25)36)18-20(8-4)12-10-6-2/h13-16,19-20H,5-12,17-18H2,1-4H3. The molecule has 8 heteroatoms. The largest absolute Gasteiger partial charge is 0.306 e. The van der Waals surface area contributed by atoms with E-state index in [0.717, 1.165) is 80.1 Å². The SMILES string of the molecule is CCCCC(CC)CN1C(=O)C2=C(c3ccc(Br)s3)N(CC(CC)CCCC)C(=O)C2=C1c1ccc(Br)s1. The van der Waals surface area contributed by atoms with E-state index in [1.54, 1.807) is 22.7 Å². The van der Waals surface area contributed by atoms with Crippen molar-refractivity contribution in [2.75, 3.05) is 13.1 Å². The predicted octanol–water partition coefficient (Wildman–Crippen LogP) is 9.57. The van der Waals surface area contributed by atoms with E-state index >= 15 is 0 Å². The summed E-state index contributed by atoms with van der Waals surface area (Å²) in [6.07, 6.45) is 8.79. The van der Waals surface area contributed by atoms with Gasteiger partial charge in [-0.25, -0.2) is 0 Å². The Morgan fingerprint density at radius 1 is 0.684 bits per heavy atom. The van der Waals surface area contributed by atoms with Gasteiger partial charge in [-0.3, -0.25) is 9.59 Å².